The zero-order valence-electron chi connectivity index (χ0n) is 12.2. The smallest absolute Gasteiger partial charge is 0.178 e. The summed E-state index contributed by atoms with van der Waals surface area (Å²) in [6.07, 6.45) is 2.47. The average Bonchev–Trinajstić information content (AvgIpc) is 2.48. The molecule has 1 saturated heterocycles. The van der Waals surface area contributed by atoms with Gasteiger partial charge < -0.3 is 10.6 Å². The first-order chi connectivity index (χ1) is 9.53. The second-order valence-corrected chi connectivity index (χ2v) is 7.75. The molecule has 2 rings (SSSR count). The van der Waals surface area contributed by atoms with Crippen LogP contribution in [0.1, 0.15) is 26.7 Å². The molecule has 2 N–H and O–H groups in total. The van der Waals surface area contributed by atoms with Crippen LogP contribution in [0.15, 0.2) is 29.2 Å². The minimum atomic E-state index is -3.10. The molecule has 1 fully saturated rings. The summed E-state index contributed by atoms with van der Waals surface area (Å²) in [5, 5.41) is 6.89. The van der Waals surface area contributed by atoms with E-state index in [1.807, 2.05) is 12.1 Å². The van der Waals surface area contributed by atoms with Crippen molar-refractivity contribution < 1.29 is 8.42 Å². The van der Waals surface area contributed by atoms with E-state index in [2.05, 4.69) is 17.6 Å². The summed E-state index contributed by atoms with van der Waals surface area (Å²) < 4.78 is 23.5. The van der Waals surface area contributed by atoms with Crippen molar-refractivity contribution in [1.82, 2.24) is 5.32 Å². The number of hydrogen-bond acceptors (Lipinski definition) is 4. The molecule has 1 aliphatic rings. The summed E-state index contributed by atoms with van der Waals surface area (Å²) in [5.41, 5.74) is 0.984. The van der Waals surface area contributed by atoms with Crippen molar-refractivity contribution >= 4 is 15.5 Å². The molecule has 112 valence electrons. The van der Waals surface area contributed by atoms with Gasteiger partial charge in [0.05, 0.1) is 10.6 Å². The van der Waals surface area contributed by atoms with E-state index in [1.165, 1.54) is 12.8 Å². The first-order valence-corrected chi connectivity index (χ1v) is 8.98. The van der Waals surface area contributed by atoms with Crippen LogP contribution in [0, 0.1) is 5.92 Å². The Balaban J connectivity index is 2.00. The van der Waals surface area contributed by atoms with E-state index in [-0.39, 0.29) is 5.75 Å². The van der Waals surface area contributed by atoms with Crippen LogP contribution in [0.5, 0.6) is 0 Å². The zero-order chi connectivity index (χ0) is 14.6. The van der Waals surface area contributed by atoms with Crippen LogP contribution in [0.4, 0.5) is 5.69 Å². The van der Waals surface area contributed by atoms with Crippen molar-refractivity contribution in [3.05, 3.63) is 24.3 Å². The van der Waals surface area contributed by atoms with E-state index >= 15 is 0 Å². The van der Waals surface area contributed by atoms with E-state index in [1.54, 1.807) is 19.1 Å². The van der Waals surface area contributed by atoms with Gasteiger partial charge in [0.15, 0.2) is 9.84 Å². The van der Waals surface area contributed by atoms with Crippen LogP contribution >= 0.6 is 0 Å². The van der Waals surface area contributed by atoms with Crippen LogP contribution in [-0.4, -0.2) is 33.3 Å². The fourth-order valence-corrected chi connectivity index (χ4v) is 3.50. The number of piperidine rings is 1. The third kappa shape index (κ3) is 3.73. The molecule has 1 aliphatic heterocycles. The van der Waals surface area contributed by atoms with Gasteiger partial charge in [-0.2, -0.15) is 0 Å². The maximum atomic E-state index is 11.8. The van der Waals surface area contributed by atoms with Crippen molar-refractivity contribution in [2.45, 2.75) is 37.6 Å². The highest BCUT2D eigenvalue weighted by Gasteiger charge is 2.19. The monoisotopic (exact) mass is 296 g/mol. The molecule has 0 amide bonds. The summed E-state index contributed by atoms with van der Waals surface area (Å²) in [6.45, 7) is 6.03. The van der Waals surface area contributed by atoms with Crippen LogP contribution in [-0.2, 0) is 9.84 Å². The minimum Gasteiger partial charge on any atom is -0.382 e. The molecule has 20 heavy (non-hydrogen) atoms. The second kappa shape index (κ2) is 6.59. The molecule has 0 bridgehead atoms. The third-order valence-electron chi connectivity index (χ3n) is 4.03. The van der Waals surface area contributed by atoms with Crippen molar-refractivity contribution in [2.75, 3.05) is 24.2 Å². The lowest BCUT2D eigenvalue weighted by atomic mass is 9.92. The predicted molar refractivity (Wildman–Crippen MR) is 82.8 cm³/mol. The van der Waals surface area contributed by atoms with Gasteiger partial charge in [-0.3, -0.25) is 0 Å². The lowest BCUT2D eigenvalue weighted by Gasteiger charge is -2.29. The molecule has 5 heteroatoms. The highest BCUT2D eigenvalue weighted by Crippen LogP contribution is 2.20. The summed E-state index contributed by atoms with van der Waals surface area (Å²) in [4.78, 5) is 0.400. The van der Waals surface area contributed by atoms with Crippen molar-refractivity contribution in [2.24, 2.45) is 5.92 Å². The number of sulfone groups is 1. The van der Waals surface area contributed by atoms with Gasteiger partial charge in [-0.25, -0.2) is 8.42 Å². The first-order valence-electron chi connectivity index (χ1n) is 7.33. The van der Waals surface area contributed by atoms with Crippen LogP contribution in [0.2, 0.25) is 0 Å². The van der Waals surface area contributed by atoms with Crippen LogP contribution in [0.25, 0.3) is 0 Å². The summed E-state index contributed by atoms with van der Waals surface area (Å²) in [6, 6.07) is 7.47. The Labute approximate surface area is 121 Å². The van der Waals surface area contributed by atoms with Gasteiger partial charge in [-0.15, -0.1) is 0 Å². The maximum absolute atomic E-state index is 11.8. The molecule has 0 spiro atoms. The highest BCUT2D eigenvalue weighted by atomic mass is 32.2. The molecule has 0 aliphatic carbocycles. The van der Waals surface area contributed by atoms with E-state index in [4.69, 9.17) is 0 Å². The normalized spacial score (nSPS) is 21.4. The zero-order valence-corrected chi connectivity index (χ0v) is 13.0. The van der Waals surface area contributed by atoms with Gasteiger partial charge in [0, 0.05) is 11.7 Å². The Morgan fingerprint density at radius 1 is 1.35 bits per heavy atom. The van der Waals surface area contributed by atoms with Gasteiger partial charge in [-0.1, -0.05) is 6.92 Å². The van der Waals surface area contributed by atoms with Gasteiger partial charge in [0.1, 0.15) is 0 Å². The molecule has 4 nitrogen and oxygen atoms in total. The molecule has 2 atom stereocenters. The van der Waals surface area contributed by atoms with Gasteiger partial charge in [-0.05, 0) is 63.0 Å². The lowest BCUT2D eigenvalue weighted by molar-refractivity contribution is 0.347. The molecule has 1 heterocycles. The molecule has 1 aromatic carbocycles. The molecule has 0 saturated carbocycles. The Bertz CT molecular complexity index is 519. The Kier molecular flexibility index (Phi) is 5.05. The second-order valence-electron chi connectivity index (χ2n) is 5.47. The number of rotatable bonds is 5. The summed E-state index contributed by atoms with van der Waals surface area (Å²) in [5.74, 6) is 0.770. The number of hydrogen-bond donors (Lipinski definition) is 2. The van der Waals surface area contributed by atoms with Gasteiger partial charge in [0.25, 0.3) is 0 Å². The van der Waals surface area contributed by atoms with Crippen molar-refractivity contribution in [3.63, 3.8) is 0 Å². The number of anilines is 1. The van der Waals surface area contributed by atoms with Gasteiger partial charge in [0.2, 0.25) is 0 Å². The Hall–Kier alpha value is -1.07. The van der Waals surface area contributed by atoms with Gasteiger partial charge >= 0.3 is 0 Å². The van der Waals surface area contributed by atoms with E-state index in [0.717, 1.165) is 18.8 Å². The summed E-state index contributed by atoms with van der Waals surface area (Å²) >= 11 is 0. The first kappa shape index (κ1) is 15.3. The maximum Gasteiger partial charge on any atom is 0.178 e. The Morgan fingerprint density at radius 3 is 2.60 bits per heavy atom. The SMILES string of the molecule is CCS(=O)(=O)c1ccc(NC(C)C2CCCNC2)cc1. The van der Waals surface area contributed by atoms with E-state index < -0.39 is 9.84 Å². The van der Waals surface area contributed by atoms with Crippen molar-refractivity contribution in [1.29, 1.82) is 0 Å². The lowest BCUT2D eigenvalue weighted by Crippen LogP contribution is -2.38. The third-order valence-corrected chi connectivity index (χ3v) is 5.78. The van der Waals surface area contributed by atoms with Crippen LogP contribution < -0.4 is 10.6 Å². The topological polar surface area (TPSA) is 58.2 Å². The van der Waals surface area contributed by atoms with Crippen LogP contribution in [0.3, 0.4) is 0 Å². The largest absolute Gasteiger partial charge is 0.382 e. The van der Waals surface area contributed by atoms with E-state index in [0.29, 0.717) is 16.9 Å². The minimum absolute atomic E-state index is 0.143. The molecular weight excluding hydrogens is 272 g/mol. The predicted octanol–water partition coefficient (Wildman–Crippen LogP) is 2.28. The fraction of sp³-hybridized carbons (Fsp3) is 0.600. The highest BCUT2D eigenvalue weighted by molar-refractivity contribution is 7.91. The van der Waals surface area contributed by atoms with Crippen molar-refractivity contribution in [3.8, 4) is 0 Å². The fourth-order valence-electron chi connectivity index (χ4n) is 2.61. The molecule has 2 unspecified atom stereocenters. The number of benzene rings is 1. The molecule has 1 aromatic rings. The quantitative estimate of drug-likeness (QED) is 0.875. The summed E-state index contributed by atoms with van der Waals surface area (Å²) in [7, 11) is -3.10. The molecule has 0 aromatic heterocycles. The standard InChI is InChI=1S/C15H24N2O2S/c1-3-20(18,19)15-8-6-14(7-9-15)17-12(2)13-5-4-10-16-11-13/h6-9,12-13,16-17H,3-5,10-11H2,1-2H3. The molecule has 0 radical (unpaired) electrons. The molecular formula is C15H24N2O2S. The average molecular weight is 296 g/mol. The van der Waals surface area contributed by atoms with E-state index in [9.17, 15) is 8.42 Å². The number of nitrogens with one attached hydrogen (secondary N) is 2. The Morgan fingerprint density at radius 2 is 2.05 bits per heavy atom.